The lowest BCUT2D eigenvalue weighted by Gasteiger charge is -2.14. The second kappa shape index (κ2) is 4.23. The number of rotatable bonds is 2. The van der Waals surface area contributed by atoms with Gasteiger partial charge in [0.2, 0.25) is 5.91 Å². The number of nitrogens with zero attached hydrogens (tertiary/aromatic N) is 3. The van der Waals surface area contributed by atoms with E-state index in [0.29, 0.717) is 11.6 Å². The summed E-state index contributed by atoms with van der Waals surface area (Å²) in [7, 11) is 0. The van der Waals surface area contributed by atoms with Gasteiger partial charge in [-0.1, -0.05) is 11.6 Å². The molecule has 5 heteroatoms. The molecule has 2 heterocycles. The van der Waals surface area contributed by atoms with Gasteiger partial charge in [0, 0.05) is 19.3 Å². The topological polar surface area (TPSA) is 38.1 Å². The molecule has 1 amide bonds. The predicted molar refractivity (Wildman–Crippen MR) is 57.8 cm³/mol. The van der Waals surface area contributed by atoms with Crippen molar-refractivity contribution in [2.75, 3.05) is 13.1 Å². The number of carbonyl (C=O) groups is 1. The van der Waals surface area contributed by atoms with Crippen molar-refractivity contribution in [3.63, 3.8) is 0 Å². The third-order valence-corrected chi connectivity index (χ3v) is 3.01. The fraction of sp³-hybridized carbons (Fsp3) is 0.600. The van der Waals surface area contributed by atoms with E-state index in [-0.39, 0.29) is 5.91 Å². The van der Waals surface area contributed by atoms with E-state index < -0.39 is 0 Å². The molecule has 1 aliphatic heterocycles. The maximum absolute atomic E-state index is 11.8. The third kappa shape index (κ3) is 2.31. The van der Waals surface area contributed by atoms with Gasteiger partial charge >= 0.3 is 0 Å². The summed E-state index contributed by atoms with van der Waals surface area (Å²) in [5, 5.41) is 4.77. The summed E-state index contributed by atoms with van der Waals surface area (Å²) in [5.74, 6) is 0.131. The quantitative estimate of drug-likeness (QED) is 0.768. The Bertz CT molecular complexity index is 349. The molecule has 0 saturated carbocycles. The van der Waals surface area contributed by atoms with Gasteiger partial charge in [0.25, 0.3) is 0 Å². The first-order valence-electron chi connectivity index (χ1n) is 5.14. The number of aromatic nitrogens is 2. The summed E-state index contributed by atoms with van der Waals surface area (Å²) in [5.41, 5.74) is 0.769. The number of amides is 1. The number of carbonyl (C=O) groups excluding carboxylic acids is 1. The van der Waals surface area contributed by atoms with E-state index in [0.717, 1.165) is 31.6 Å². The fourth-order valence-corrected chi connectivity index (χ4v) is 1.93. The van der Waals surface area contributed by atoms with Gasteiger partial charge in [-0.2, -0.15) is 5.10 Å². The van der Waals surface area contributed by atoms with Crippen LogP contribution in [0.3, 0.4) is 0 Å². The van der Waals surface area contributed by atoms with E-state index in [1.54, 1.807) is 10.9 Å². The van der Waals surface area contributed by atoms with Gasteiger partial charge in [-0.05, 0) is 19.8 Å². The Morgan fingerprint density at radius 1 is 1.53 bits per heavy atom. The highest BCUT2D eigenvalue weighted by Crippen LogP contribution is 2.13. The average Bonchev–Trinajstić information content (AvgIpc) is 2.77. The van der Waals surface area contributed by atoms with Gasteiger partial charge in [0.15, 0.2) is 0 Å². The molecule has 1 fully saturated rings. The Kier molecular flexibility index (Phi) is 2.95. The lowest BCUT2D eigenvalue weighted by Crippen LogP contribution is -2.31. The van der Waals surface area contributed by atoms with Crippen molar-refractivity contribution in [2.24, 2.45) is 0 Å². The number of aryl methyl sites for hydroxylation is 1. The molecule has 1 aliphatic rings. The molecule has 0 spiro atoms. The molecule has 1 saturated heterocycles. The Balaban J connectivity index is 1.99. The molecule has 0 bridgehead atoms. The number of halogens is 1. The molecule has 0 N–H and O–H groups in total. The minimum atomic E-state index is 0.131. The van der Waals surface area contributed by atoms with E-state index in [4.69, 9.17) is 11.6 Å². The van der Waals surface area contributed by atoms with E-state index in [2.05, 4.69) is 5.10 Å². The van der Waals surface area contributed by atoms with Crippen LogP contribution in [-0.4, -0.2) is 33.7 Å². The molecule has 1 aromatic rings. The summed E-state index contributed by atoms with van der Waals surface area (Å²) in [6.45, 7) is 3.90. The van der Waals surface area contributed by atoms with Gasteiger partial charge in [0.05, 0.1) is 10.7 Å². The second-order valence-electron chi connectivity index (χ2n) is 3.85. The van der Waals surface area contributed by atoms with E-state index in [1.807, 2.05) is 11.8 Å². The maximum Gasteiger partial charge on any atom is 0.244 e. The van der Waals surface area contributed by atoms with Crippen LogP contribution in [0.5, 0.6) is 0 Å². The molecule has 0 atom stereocenters. The largest absolute Gasteiger partial charge is 0.341 e. The molecule has 0 unspecified atom stereocenters. The van der Waals surface area contributed by atoms with Crippen LogP contribution in [0.1, 0.15) is 18.5 Å². The minimum Gasteiger partial charge on any atom is -0.341 e. The molecule has 15 heavy (non-hydrogen) atoms. The molecule has 82 valence electrons. The SMILES string of the molecule is Cc1nn(CC(=O)N2CCCC2)cc1Cl. The second-order valence-corrected chi connectivity index (χ2v) is 4.26. The summed E-state index contributed by atoms with van der Waals surface area (Å²) in [4.78, 5) is 13.6. The lowest BCUT2D eigenvalue weighted by molar-refractivity contribution is -0.130. The average molecular weight is 228 g/mol. The summed E-state index contributed by atoms with van der Waals surface area (Å²) in [6.07, 6.45) is 3.93. The van der Waals surface area contributed by atoms with Crippen LogP contribution in [0.2, 0.25) is 5.02 Å². The van der Waals surface area contributed by atoms with Gasteiger partial charge in [-0.15, -0.1) is 0 Å². The van der Waals surface area contributed by atoms with Gasteiger partial charge < -0.3 is 4.90 Å². The zero-order valence-corrected chi connectivity index (χ0v) is 9.50. The predicted octanol–water partition coefficient (Wildman–Crippen LogP) is 1.47. The van der Waals surface area contributed by atoms with Gasteiger partial charge in [-0.3, -0.25) is 9.48 Å². The third-order valence-electron chi connectivity index (χ3n) is 2.64. The normalized spacial score (nSPS) is 16.0. The van der Waals surface area contributed by atoms with Crippen LogP contribution in [0.25, 0.3) is 0 Å². The fourth-order valence-electron chi connectivity index (χ4n) is 1.78. The minimum absolute atomic E-state index is 0.131. The van der Waals surface area contributed by atoms with E-state index in [1.165, 1.54) is 0 Å². The highest BCUT2D eigenvalue weighted by Gasteiger charge is 2.18. The van der Waals surface area contributed by atoms with Crippen LogP contribution < -0.4 is 0 Å². The maximum atomic E-state index is 11.8. The highest BCUT2D eigenvalue weighted by molar-refractivity contribution is 6.31. The first kappa shape index (κ1) is 10.5. The van der Waals surface area contributed by atoms with Crippen molar-refractivity contribution in [3.8, 4) is 0 Å². The Labute approximate surface area is 93.8 Å². The Morgan fingerprint density at radius 2 is 2.20 bits per heavy atom. The lowest BCUT2D eigenvalue weighted by atomic mass is 10.4. The Morgan fingerprint density at radius 3 is 2.73 bits per heavy atom. The van der Waals surface area contributed by atoms with Crippen molar-refractivity contribution >= 4 is 17.5 Å². The highest BCUT2D eigenvalue weighted by atomic mass is 35.5. The monoisotopic (exact) mass is 227 g/mol. The molecule has 4 nitrogen and oxygen atoms in total. The van der Waals surface area contributed by atoms with E-state index in [9.17, 15) is 4.79 Å². The van der Waals surface area contributed by atoms with Gasteiger partial charge in [0.1, 0.15) is 6.54 Å². The number of hydrogen-bond acceptors (Lipinski definition) is 2. The van der Waals surface area contributed by atoms with E-state index >= 15 is 0 Å². The molecular weight excluding hydrogens is 214 g/mol. The number of likely N-dealkylation sites (tertiary alicyclic amines) is 1. The van der Waals surface area contributed by atoms with Crippen molar-refractivity contribution < 1.29 is 4.79 Å². The van der Waals surface area contributed by atoms with Crippen molar-refractivity contribution in [3.05, 3.63) is 16.9 Å². The smallest absolute Gasteiger partial charge is 0.244 e. The summed E-state index contributed by atoms with van der Waals surface area (Å²) < 4.78 is 1.61. The van der Waals surface area contributed by atoms with Gasteiger partial charge in [-0.25, -0.2) is 0 Å². The van der Waals surface area contributed by atoms with Crippen LogP contribution in [0, 0.1) is 6.92 Å². The first-order chi connectivity index (χ1) is 7.16. The molecule has 0 aromatic carbocycles. The van der Waals surface area contributed by atoms with Crippen LogP contribution in [0.15, 0.2) is 6.20 Å². The zero-order chi connectivity index (χ0) is 10.8. The number of hydrogen-bond donors (Lipinski definition) is 0. The molecular formula is C10H14ClN3O. The van der Waals surface area contributed by atoms with Crippen LogP contribution in [-0.2, 0) is 11.3 Å². The summed E-state index contributed by atoms with van der Waals surface area (Å²) >= 11 is 5.86. The van der Waals surface area contributed by atoms with Crippen molar-refractivity contribution in [1.82, 2.24) is 14.7 Å². The Hall–Kier alpha value is -1.03. The van der Waals surface area contributed by atoms with Crippen LogP contribution >= 0.6 is 11.6 Å². The zero-order valence-electron chi connectivity index (χ0n) is 8.74. The first-order valence-corrected chi connectivity index (χ1v) is 5.52. The van der Waals surface area contributed by atoms with Crippen LogP contribution in [0.4, 0.5) is 0 Å². The molecule has 2 rings (SSSR count). The molecule has 0 aliphatic carbocycles. The molecule has 0 radical (unpaired) electrons. The van der Waals surface area contributed by atoms with Crippen molar-refractivity contribution in [1.29, 1.82) is 0 Å². The van der Waals surface area contributed by atoms with Crippen molar-refractivity contribution in [2.45, 2.75) is 26.3 Å². The molecule has 1 aromatic heterocycles. The summed E-state index contributed by atoms with van der Waals surface area (Å²) in [6, 6.07) is 0. The standard InChI is InChI=1S/C10H14ClN3O/c1-8-9(11)6-14(12-8)7-10(15)13-4-2-3-5-13/h6H,2-5,7H2,1H3.